The Hall–Kier alpha value is -0.480. The predicted octanol–water partition coefficient (Wildman–Crippen LogP) is 3.88. The van der Waals surface area contributed by atoms with Gasteiger partial charge in [-0.1, -0.05) is 0 Å². The zero-order valence-corrected chi connectivity index (χ0v) is 9.39. The van der Waals surface area contributed by atoms with Crippen molar-refractivity contribution in [3.63, 3.8) is 0 Å². The second-order valence-corrected chi connectivity index (χ2v) is 3.75. The molecule has 0 aliphatic carbocycles. The lowest BCUT2D eigenvalue weighted by atomic mass is 10.3. The summed E-state index contributed by atoms with van der Waals surface area (Å²) in [6, 6.07) is 3.76. The van der Waals surface area contributed by atoms with Crippen molar-refractivity contribution in [2.45, 2.75) is 0 Å². The molecule has 0 N–H and O–H groups in total. The number of rotatable bonds is 2. The van der Waals surface area contributed by atoms with Crippen molar-refractivity contribution in [3.05, 3.63) is 21.1 Å². The molecular formula is C8H6Br2N2. The van der Waals surface area contributed by atoms with Crippen molar-refractivity contribution < 1.29 is 0 Å². The average Bonchev–Trinajstić information content (AvgIpc) is 2.08. The van der Waals surface area contributed by atoms with Crippen molar-refractivity contribution in [2.75, 3.05) is 0 Å². The number of halogens is 2. The summed E-state index contributed by atoms with van der Waals surface area (Å²) in [4.78, 5) is 7.68. The molecule has 0 heterocycles. The van der Waals surface area contributed by atoms with E-state index in [0.717, 1.165) is 8.95 Å². The highest BCUT2D eigenvalue weighted by Crippen LogP contribution is 2.40. The third-order valence-corrected chi connectivity index (χ3v) is 2.65. The zero-order valence-electron chi connectivity index (χ0n) is 6.22. The van der Waals surface area contributed by atoms with E-state index in [1.54, 1.807) is 0 Å². The van der Waals surface area contributed by atoms with E-state index in [9.17, 15) is 0 Å². The third kappa shape index (κ3) is 1.64. The second-order valence-electron chi connectivity index (χ2n) is 2.04. The highest BCUT2D eigenvalue weighted by atomic mass is 79.9. The van der Waals surface area contributed by atoms with Crippen LogP contribution in [0.1, 0.15) is 0 Å². The Morgan fingerprint density at radius 3 is 1.50 bits per heavy atom. The highest BCUT2D eigenvalue weighted by Gasteiger charge is 2.06. The van der Waals surface area contributed by atoms with E-state index in [2.05, 4.69) is 55.3 Å². The van der Waals surface area contributed by atoms with Gasteiger partial charge in [0.05, 0.1) is 0 Å². The van der Waals surface area contributed by atoms with Gasteiger partial charge in [0.15, 0.2) is 0 Å². The Morgan fingerprint density at radius 1 is 0.917 bits per heavy atom. The van der Waals surface area contributed by atoms with Gasteiger partial charge in [-0.2, -0.15) is 0 Å². The summed E-state index contributed by atoms with van der Waals surface area (Å²) in [5, 5.41) is 0. The van der Waals surface area contributed by atoms with Crippen molar-refractivity contribution >= 4 is 56.7 Å². The van der Waals surface area contributed by atoms with Gasteiger partial charge >= 0.3 is 0 Å². The van der Waals surface area contributed by atoms with Gasteiger partial charge in [-0.25, -0.2) is 0 Å². The Balaban J connectivity index is 3.48. The highest BCUT2D eigenvalue weighted by molar-refractivity contribution is 9.11. The molecule has 1 aromatic rings. The first-order chi connectivity index (χ1) is 5.70. The van der Waals surface area contributed by atoms with Crippen LogP contribution in [0.2, 0.25) is 0 Å². The fourth-order valence-electron chi connectivity index (χ4n) is 0.831. The van der Waals surface area contributed by atoms with E-state index in [0.29, 0.717) is 11.4 Å². The Bertz CT molecular complexity index is 301. The molecule has 0 amide bonds. The van der Waals surface area contributed by atoms with Gasteiger partial charge in [-0.15, -0.1) is 0 Å². The molecule has 2 nitrogen and oxygen atoms in total. The largest absolute Gasteiger partial charge is 0.261 e. The summed E-state index contributed by atoms with van der Waals surface area (Å²) in [7, 11) is 0. The van der Waals surface area contributed by atoms with E-state index in [4.69, 9.17) is 0 Å². The Labute approximate surface area is 87.7 Å². The standard InChI is InChI=1S/C8H6Br2N2/c1-11-7-5(9)3-4-6(10)8(7)12-2/h3-4H,1-2H2. The zero-order chi connectivity index (χ0) is 9.14. The monoisotopic (exact) mass is 288 g/mol. The molecule has 0 radical (unpaired) electrons. The minimum absolute atomic E-state index is 0.708. The SMILES string of the molecule is C=Nc1c(Br)ccc(Br)c1N=C. The van der Waals surface area contributed by atoms with E-state index in [-0.39, 0.29) is 0 Å². The van der Waals surface area contributed by atoms with Crippen LogP contribution in [0.3, 0.4) is 0 Å². The quantitative estimate of drug-likeness (QED) is 0.738. The summed E-state index contributed by atoms with van der Waals surface area (Å²) in [5.74, 6) is 0. The number of hydrogen-bond donors (Lipinski definition) is 0. The van der Waals surface area contributed by atoms with Gasteiger partial charge in [0.2, 0.25) is 0 Å². The summed E-state index contributed by atoms with van der Waals surface area (Å²) in [6.07, 6.45) is 0. The molecule has 0 spiro atoms. The van der Waals surface area contributed by atoms with Crippen LogP contribution in [-0.4, -0.2) is 13.4 Å². The summed E-state index contributed by atoms with van der Waals surface area (Å²) >= 11 is 6.68. The van der Waals surface area contributed by atoms with Gasteiger partial charge < -0.3 is 0 Å². The minimum atomic E-state index is 0.708. The average molecular weight is 290 g/mol. The molecule has 4 heteroatoms. The summed E-state index contributed by atoms with van der Waals surface area (Å²) < 4.78 is 1.73. The number of nitrogens with zero attached hydrogens (tertiary/aromatic N) is 2. The number of benzene rings is 1. The van der Waals surface area contributed by atoms with Crippen LogP contribution in [0.15, 0.2) is 31.1 Å². The molecule has 0 saturated heterocycles. The fraction of sp³-hybridized carbons (Fsp3) is 0. The van der Waals surface area contributed by atoms with Crippen LogP contribution >= 0.6 is 31.9 Å². The maximum atomic E-state index is 3.84. The van der Waals surface area contributed by atoms with Crippen molar-refractivity contribution in [1.82, 2.24) is 0 Å². The molecule has 0 unspecified atom stereocenters. The Morgan fingerprint density at radius 2 is 1.25 bits per heavy atom. The van der Waals surface area contributed by atoms with Gasteiger partial charge in [0, 0.05) is 8.95 Å². The molecule has 0 aliphatic heterocycles. The lowest BCUT2D eigenvalue weighted by Gasteiger charge is -2.03. The molecule has 0 atom stereocenters. The van der Waals surface area contributed by atoms with E-state index in [1.807, 2.05) is 12.1 Å². The predicted molar refractivity (Wildman–Crippen MR) is 60.3 cm³/mol. The number of aliphatic imine (C=N–C) groups is 2. The smallest absolute Gasteiger partial charge is 0.103 e. The normalized spacial score (nSPS) is 9.50. The maximum absolute atomic E-state index is 3.84. The molecule has 12 heavy (non-hydrogen) atoms. The van der Waals surface area contributed by atoms with E-state index in [1.165, 1.54) is 0 Å². The van der Waals surface area contributed by atoms with Crippen LogP contribution < -0.4 is 0 Å². The van der Waals surface area contributed by atoms with Crippen LogP contribution in [-0.2, 0) is 0 Å². The first-order valence-corrected chi connectivity index (χ1v) is 4.70. The first-order valence-electron chi connectivity index (χ1n) is 3.12. The topological polar surface area (TPSA) is 24.7 Å². The Kier molecular flexibility index (Phi) is 3.17. The van der Waals surface area contributed by atoms with Gasteiger partial charge in [-0.3, -0.25) is 9.98 Å². The van der Waals surface area contributed by atoms with Gasteiger partial charge in [0.1, 0.15) is 11.4 Å². The van der Waals surface area contributed by atoms with Crippen molar-refractivity contribution in [3.8, 4) is 0 Å². The molecule has 62 valence electrons. The minimum Gasteiger partial charge on any atom is -0.261 e. The second kappa shape index (κ2) is 3.96. The molecule has 0 aromatic heterocycles. The molecule has 0 saturated carbocycles. The van der Waals surface area contributed by atoms with E-state index >= 15 is 0 Å². The van der Waals surface area contributed by atoms with Crippen molar-refractivity contribution in [2.24, 2.45) is 9.98 Å². The van der Waals surface area contributed by atoms with Crippen LogP contribution in [0.25, 0.3) is 0 Å². The number of hydrogen-bond acceptors (Lipinski definition) is 2. The molecule has 1 rings (SSSR count). The van der Waals surface area contributed by atoms with Gasteiger partial charge in [0.25, 0.3) is 0 Å². The summed E-state index contributed by atoms with van der Waals surface area (Å²) in [5.41, 5.74) is 1.42. The molecule has 1 aromatic carbocycles. The molecule has 0 fully saturated rings. The fourth-order valence-corrected chi connectivity index (χ4v) is 1.72. The van der Waals surface area contributed by atoms with Crippen LogP contribution in [0.4, 0.5) is 11.4 Å². The molecule has 0 bridgehead atoms. The maximum Gasteiger partial charge on any atom is 0.103 e. The van der Waals surface area contributed by atoms with Crippen molar-refractivity contribution in [1.29, 1.82) is 0 Å². The van der Waals surface area contributed by atoms with Crippen LogP contribution in [0, 0.1) is 0 Å². The lowest BCUT2D eigenvalue weighted by molar-refractivity contribution is 1.43. The molecular weight excluding hydrogens is 284 g/mol. The lowest BCUT2D eigenvalue weighted by Crippen LogP contribution is -1.72. The van der Waals surface area contributed by atoms with E-state index < -0.39 is 0 Å². The third-order valence-electron chi connectivity index (χ3n) is 1.37. The van der Waals surface area contributed by atoms with Crippen LogP contribution in [0.5, 0.6) is 0 Å². The summed E-state index contributed by atoms with van der Waals surface area (Å²) in [6.45, 7) is 6.91. The molecule has 0 aliphatic rings. The van der Waals surface area contributed by atoms with Gasteiger partial charge in [-0.05, 0) is 57.4 Å². The first kappa shape index (κ1) is 9.61.